The van der Waals surface area contributed by atoms with Gasteiger partial charge in [0.05, 0.1) is 6.10 Å². The van der Waals surface area contributed by atoms with Crippen LogP contribution < -0.4 is 11.2 Å². The van der Waals surface area contributed by atoms with Crippen molar-refractivity contribution in [2.24, 2.45) is 0 Å². The Bertz CT molecular complexity index is 1150. The minimum Gasteiger partial charge on any atom is -0.480 e. The lowest BCUT2D eigenvalue weighted by Crippen LogP contribution is -2.36. The first-order valence-corrected chi connectivity index (χ1v) is 10.4. The molecular weight excluding hydrogens is 461 g/mol. The van der Waals surface area contributed by atoms with Crippen LogP contribution in [0.5, 0.6) is 0 Å². The molecule has 1 aliphatic rings. The Hall–Kier alpha value is -2.94. The second-order valence-corrected chi connectivity index (χ2v) is 7.65. The van der Waals surface area contributed by atoms with E-state index in [1.54, 1.807) is 4.98 Å². The normalized spacial score (nSPS) is 20.4. The molecule has 176 valence electrons. The average molecular weight is 482 g/mol. The van der Waals surface area contributed by atoms with Crippen LogP contribution in [-0.4, -0.2) is 40.0 Å². The predicted molar refractivity (Wildman–Crippen MR) is 117 cm³/mol. The molecule has 2 aromatic rings. The second-order valence-electron chi connectivity index (χ2n) is 7.27. The second kappa shape index (κ2) is 10.3. The van der Waals surface area contributed by atoms with Gasteiger partial charge >= 0.3 is 11.9 Å². The number of thiocarbonyl (C=S) groups is 1. The van der Waals surface area contributed by atoms with Crippen molar-refractivity contribution in [2.45, 2.75) is 44.4 Å². The largest absolute Gasteiger partial charge is 0.480 e. The molecule has 1 N–H and O–H groups in total. The quantitative estimate of drug-likeness (QED) is 0.483. The molecule has 1 fully saturated rings. The number of alkyl halides is 3. The molecule has 0 bridgehead atoms. The first kappa shape index (κ1) is 24.7. The molecule has 1 saturated heterocycles. The SMILES string of the molecule is C#CCO[C@H]1C[C@H](n2cc(C(F)(F)F)c(=O)[nH]c2=O)O[C@@H]1COC(=S)c1ccc(CC)cc1. The molecule has 0 radical (unpaired) electrons. The summed E-state index contributed by atoms with van der Waals surface area (Å²) in [5, 5.41) is 0.209. The molecule has 1 aliphatic heterocycles. The van der Waals surface area contributed by atoms with Crippen molar-refractivity contribution in [1.82, 2.24) is 9.55 Å². The zero-order valence-corrected chi connectivity index (χ0v) is 18.4. The standard InChI is InChI=1S/C22H21F3N2O5S/c1-3-9-30-16-10-18(27-11-15(22(23,24)25)19(28)26-21(27)29)32-17(16)12-31-20(33)14-7-5-13(4-2)6-8-14/h1,5-8,11,16-18H,4,9-10,12H2,2H3,(H,26,28,29)/t16-,17+,18+/m0/s1. The maximum Gasteiger partial charge on any atom is 0.423 e. The number of aromatic nitrogens is 2. The molecule has 0 aliphatic carbocycles. The molecule has 0 unspecified atom stereocenters. The average Bonchev–Trinajstić information content (AvgIpc) is 3.17. The van der Waals surface area contributed by atoms with Gasteiger partial charge in [-0.3, -0.25) is 14.3 Å². The highest BCUT2D eigenvalue weighted by Crippen LogP contribution is 2.32. The summed E-state index contributed by atoms with van der Waals surface area (Å²) in [4.78, 5) is 25.4. The number of aryl methyl sites for hydroxylation is 1. The van der Waals surface area contributed by atoms with Gasteiger partial charge in [-0.1, -0.05) is 37.1 Å². The van der Waals surface area contributed by atoms with E-state index in [4.69, 9.17) is 32.9 Å². The van der Waals surface area contributed by atoms with E-state index in [2.05, 4.69) is 5.92 Å². The lowest BCUT2D eigenvalue weighted by atomic mass is 10.1. The Kier molecular flexibility index (Phi) is 7.73. The number of halogens is 3. The van der Waals surface area contributed by atoms with Crippen molar-refractivity contribution in [2.75, 3.05) is 13.2 Å². The Morgan fingerprint density at radius 3 is 2.64 bits per heavy atom. The van der Waals surface area contributed by atoms with Gasteiger partial charge in [0.1, 0.15) is 31.1 Å². The Morgan fingerprint density at radius 2 is 2.03 bits per heavy atom. The van der Waals surface area contributed by atoms with E-state index in [0.29, 0.717) is 16.3 Å². The smallest absolute Gasteiger partial charge is 0.423 e. The number of nitrogens with one attached hydrogen (secondary N) is 1. The highest BCUT2D eigenvalue weighted by Gasteiger charge is 2.40. The van der Waals surface area contributed by atoms with Gasteiger partial charge in [0.15, 0.2) is 5.05 Å². The number of ether oxygens (including phenoxy) is 3. The van der Waals surface area contributed by atoms with Gasteiger partial charge in [0.2, 0.25) is 0 Å². The highest BCUT2D eigenvalue weighted by molar-refractivity contribution is 7.80. The van der Waals surface area contributed by atoms with Gasteiger partial charge in [-0.2, -0.15) is 13.2 Å². The molecule has 3 rings (SSSR count). The third kappa shape index (κ3) is 5.90. The van der Waals surface area contributed by atoms with Crippen molar-refractivity contribution in [3.63, 3.8) is 0 Å². The van der Waals surface area contributed by atoms with Crippen molar-refractivity contribution < 1.29 is 27.4 Å². The molecule has 0 amide bonds. The van der Waals surface area contributed by atoms with E-state index in [1.165, 1.54) is 0 Å². The van der Waals surface area contributed by atoms with Crippen molar-refractivity contribution in [3.05, 3.63) is 68.0 Å². The molecule has 33 heavy (non-hydrogen) atoms. The number of H-pyrrole nitrogens is 1. The lowest BCUT2D eigenvalue weighted by Gasteiger charge is -2.19. The molecule has 2 heterocycles. The van der Waals surface area contributed by atoms with Crippen LogP contribution in [0.2, 0.25) is 0 Å². The highest BCUT2D eigenvalue weighted by atomic mass is 32.1. The van der Waals surface area contributed by atoms with Crippen LogP contribution in [0.4, 0.5) is 13.2 Å². The Labute approximate surface area is 192 Å². The van der Waals surface area contributed by atoms with Crippen molar-refractivity contribution >= 4 is 17.3 Å². The molecule has 11 heteroatoms. The summed E-state index contributed by atoms with van der Waals surface area (Å²) >= 11 is 5.31. The third-order valence-electron chi connectivity index (χ3n) is 5.12. The lowest BCUT2D eigenvalue weighted by molar-refractivity contribution is -0.139. The van der Waals surface area contributed by atoms with Crippen LogP contribution in [0.1, 0.15) is 36.3 Å². The number of rotatable bonds is 7. The summed E-state index contributed by atoms with van der Waals surface area (Å²) in [6.07, 6.45) is -0.963. The van der Waals surface area contributed by atoms with Gasteiger partial charge in [-0.15, -0.1) is 6.42 Å². The van der Waals surface area contributed by atoms with E-state index >= 15 is 0 Å². The summed E-state index contributed by atoms with van der Waals surface area (Å²) in [5.74, 6) is 2.31. The summed E-state index contributed by atoms with van der Waals surface area (Å²) in [6.45, 7) is 1.87. The summed E-state index contributed by atoms with van der Waals surface area (Å²) in [7, 11) is 0. The van der Waals surface area contributed by atoms with E-state index in [9.17, 15) is 22.8 Å². The van der Waals surface area contributed by atoms with Crippen LogP contribution in [0.25, 0.3) is 0 Å². The first-order chi connectivity index (χ1) is 15.6. The minimum absolute atomic E-state index is 0.0108. The topological polar surface area (TPSA) is 82.6 Å². The predicted octanol–water partition coefficient (Wildman–Crippen LogP) is 2.82. The number of aromatic amines is 1. The molecule has 3 atom stereocenters. The molecular formula is C22H21F3N2O5S. The Balaban J connectivity index is 1.77. The molecule has 0 spiro atoms. The van der Waals surface area contributed by atoms with E-state index in [1.807, 2.05) is 31.2 Å². The van der Waals surface area contributed by atoms with Gasteiger partial charge < -0.3 is 14.2 Å². The van der Waals surface area contributed by atoms with Crippen LogP contribution in [0.3, 0.4) is 0 Å². The van der Waals surface area contributed by atoms with Crippen LogP contribution >= 0.6 is 12.2 Å². The fraction of sp³-hybridized carbons (Fsp3) is 0.409. The number of benzene rings is 1. The maximum atomic E-state index is 13.1. The third-order valence-corrected chi connectivity index (χ3v) is 5.47. The van der Waals surface area contributed by atoms with Crippen molar-refractivity contribution in [1.29, 1.82) is 0 Å². The van der Waals surface area contributed by atoms with E-state index in [0.717, 1.165) is 12.0 Å². The summed E-state index contributed by atoms with van der Waals surface area (Å²) in [6, 6.07) is 7.49. The summed E-state index contributed by atoms with van der Waals surface area (Å²) in [5.41, 5.74) is -2.26. The molecule has 0 saturated carbocycles. The fourth-order valence-corrected chi connectivity index (χ4v) is 3.57. The Morgan fingerprint density at radius 1 is 1.33 bits per heavy atom. The fourth-order valence-electron chi connectivity index (χ4n) is 3.37. The van der Waals surface area contributed by atoms with E-state index < -0.39 is 41.4 Å². The molecule has 7 nitrogen and oxygen atoms in total. The number of nitrogens with zero attached hydrogens (tertiary/aromatic N) is 1. The monoisotopic (exact) mass is 482 g/mol. The molecule has 1 aromatic heterocycles. The zero-order valence-electron chi connectivity index (χ0n) is 17.6. The van der Waals surface area contributed by atoms with Crippen LogP contribution in [-0.2, 0) is 26.8 Å². The first-order valence-electron chi connectivity index (χ1n) is 10.0. The van der Waals surface area contributed by atoms with Crippen molar-refractivity contribution in [3.8, 4) is 12.3 Å². The van der Waals surface area contributed by atoms with Crippen LogP contribution in [0.15, 0.2) is 40.1 Å². The van der Waals surface area contributed by atoms with Gasteiger partial charge in [0.25, 0.3) is 5.56 Å². The molecule has 1 aromatic carbocycles. The van der Waals surface area contributed by atoms with E-state index in [-0.39, 0.29) is 24.7 Å². The number of terminal acetylenes is 1. The van der Waals surface area contributed by atoms with Gasteiger partial charge in [0, 0.05) is 18.2 Å². The zero-order chi connectivity index (χ0) is 24.2. The minimum atomic E-state index is -4.94. The summed E-state index contributed by atoms with van der Waals surface area (Å²) < 4.78 is 57.0. The van der Waals surface area contributed by atoms with Crippen LogP contribution in [0, 0.1) is 12.3 Å². The van der Waals surface area contributed by atoms with Gasteiger partial charge in [-0.25, -0.2) is 4.79 Å². The number of hydrogen-bond acceptors (Lipinski definition) is 6. The number of hydrogen-bond donors (Lipinski definition) is 1. The maximum absolute atomic E-state index is 13.1. The van der Waals surface area contributed by atoms with Gasteiger partial charge in [-0.05, 0) is 24.2 Å².